The fourth-order valence-corrected chi connectivity index (χ4v) is 2.86. The molecule has 0 saturated heterocycles. The van der Waals surface area contributed by atoms with Crippen molar-refractivity contribution in [2.45, 2.75) is 59.2 Å². The third-order valence-corrected chi connectivity index (χ3v) is 3.63. The molecule has 0 fully saturated rings. The SMILES string of the molecule is CC(C)NC(=O)Cn1ccc2c1CC(C)(C)CC2O. The molecule has 1 aromatic rings. The molecule has 0 aliphatic heterocycles. The molecule has 2 rings (SSSR count). The van der Waals surface area contributed by atoms with Gasteiger partial charge in [-0.3, -0.25) is 4.79 Å². The van der Waals surface area contributed by atoms with Gasteiger partial charge in [0.1, 0.15) is 6.54 Å². The van der Waals surface area contributed by atoms with E-state index in [0.29, 0.717) is 6.54 Å². The highest BCUT2D eigenvalue weighted by molar-refractivity contribution is 5.76. The van der Waals surface area contributed by atoms with Gasteiger partial charge in [-0.05, 0) is 38.2 Å². The molecule has 1 aromatic heterocycles. The van der Waals surface area contributed by atoms with Crippen molar-refractivity contribution in [2.75, 3.05) is 0 Å². The van der Waals surface area contributed by atoms with Crippen LogP contribution in [0.15, 0.2) is 12.3 Å². The first-order chi connectivity index (χ1) is 8.78. The molecule has 1 unspecified atom stereocenters. The highest BCUT2D eigenvalue weighted by Crippen LogP contribution is 2.40. The number of nitrogens with zero attached hydrogens (tertiary/aromatic N) is 1. The Bertz CT molecular complexity index is 474. The Morgan fingerprint density at radius 1 is 1.58 bits per heavy atom. The highest BCUT2D eigenvalue weighted by atomic mass is 16.3. The minimum atomic E-state index is -0.409. The van der Waals surface area contributed by atoms with Crippen LogP contribution in [0, 0.1) is 5.41 Å². The van der Waals surface area contributed by atoms with Crippen LogP contribution in [0.25, 0.3) is 0 Å². The lowest BCUT2D eigenvalue weighted by Gasteiger charge is -2.33. The standard InChI is InChI=1S/C15H24N2O2/c1-10(2)16-14(19)9-17-6-5-11-12(17)7-15(3,4)8-13(11)18/h5-6,10,13,18H,7-9H2,1-4H3,(H,16,19). The summed E-state index contributed by atoms with van der Waals surface area (Å²) in [4.78, 5) is 11.9. The quantitative estimate of drug-likeness (QED) is 0.877. The van der Waals surface area contributed by atoms with Gasteiger partial charge in [0.15, 0.2) is 0 Å². The average molecular weight is 264 g/mol. The lowest BCUT2D eigenvalue weighted by Crippen LogP contribution is -2.34. The van der Waals surface area contributed by atoms with E-state index < -0.39 is 6.10 Å². The van der Waals surface area contributed by atoms with E-state index in [4.69, 9.17) is 0 Å². The van der Waals surface area contributed by atoms with Crippen LogP contribution in [0.3, 0.4) is 0 Å². The Balaban J connectivity index is 2.19. The van der Waals surface area contributed by atoms with Crippen LogP contribution in [0.1, 0.15) is 51.5 Å². The molecule has 1 aliphatic carbocycles. The lowest BCUT2D eigenvalue weighted by molar-refractivity contribution is -0.122. The summed E-state index contributed by atoms with van der Waals surface area (Å²) in [5.74, 6) is 0.0197. The molecule has 4 nitrogen and oxygen atoms in total. The second-order valence-corrected chi connectivity index (χ2v) is 6.63. The molecule has 1 atom stereocenters. The van der Waals surface area contributed by atoms with Gasteiger partial charge in [0.05, 0.1) is 6.10 Å². The third kappa shape index (κ3) is 3.18. The van der Waals surface area contributed by atoms with E-state index in [-0.39, 0.29) is 17.4 Å². The predicted molar refractivity (Wildman–Crippen MR) is 74.8 cm³/mol. The lowest BCUT2D eigenvalue weighted by atomic mass is 9.75. The zero-order valence-electron chi connectivity index (χ0n) is 12.2. The van der Waals surface area contributed by atoms with E-state index in [2.05, 4.69) is 19.2 Å². The summed E-state index contributed by atoms with van der Waals surface area (Å²) < 4.78 is 1.97. The fourth-order valence-electron chi connectivity index (χ4n) is 2.86. The number of aliphatic hydroxyl groups is 1. The number of carbonyl (C=O) groups is 1. The summed E-state index contributed by atoms with van der Waals surface area (Å²) in [6.07, 6.45) is 3.19. The normalized spacial score (nSPS) is 21.3. The molecule has 0 saturated carbocycles. The maximum absolute atomic E-state index is 11.9. The molecule has 0 spiro atoms. The molecule has 1 heterocycles. The van der Waals surface area contributed by atoms with Crippen LogP contribution in [0.2, 0.25) is 0 Å². The number of nitrogens with one attached hydrogen (secondary N) is 1. The minimum Gasteiger partial charge on any atom is -0.388 e. The van der Waals surface area contributed by atoms with E-state index in [9.17, 15) is 9.90 Å². The molecule has 4 heteroatoms. The van der Waals surface area contributed by atoms with Gasteiger partial charge in [-0.2, -0.15) is 0 Å². The molecular formula is C15H24N2O2. The van der Waals surface area contributed by atoms with Gasteiger partial charge in [-0.25, -0.2) is 0 Å². The van der Waals surface area contributed by atoms with Crippen molar-refractivity contribution in [2.24, 2.45) is 5.41 Å². The minimum absolute atomic E-state index is 0.0197. The van der Waals surface area contributed by atoms with Crippen LogP contribution in [0.5, 0.6) is 0 Å². The van der Waals surface area contributed by atoms with Crippen molar-refractivity contribution in [1.29, 1.82) is 0 Å². The first kappa shape index (κ1) is 14.1. The van der Waals surface area contributed by atoms with Gasteiger partial charge in [-0.15, -0.1) is 0 Å². The van der Waals surface area contributed by atoms with Gasteiger partial charge in [0.2, 0.25) is 5.91 Å². The van der Waals surface area contributed by atoms with Crippen LogP contribution in [-0.4, -0.2) is 21.6 Å². The van der Waals surface area contributed by atoms with Crippen LogP contribution in [-0.2, 0) is 17.8 Å². The number of aliphatic hydroxyl groups excluding tert-OH is 1. The fraction of sp³-hybridized carbons (Fsp3) is 0.667. The van der Waals surface area contributed by atoms with Gasteiger partial charge >= 0.3 is 0 Å². The van der Waals surface area contributed by atoms with Gasteiger partial charge in [0, 0.05) is 23.5 Å². The highest BCUT2D eigenvalue weighted by Gasteiger charge is 2.33. The molecule has 0 bridgehead atoms. The van der Waals surface area contributed by atoms with Crippen molar-refractivity contribution in [3.63, 3.8) is 0 Å². The predicted octanol–water partition coefficient (Wildman–Crippen LogP) is 2.02. The van der Waals surface area contributed by atoms with E-state index in [1.54, 1.807) is 0 Å². The van der Waals surface area contributed by atoms with Gasteiger partial charge in [0.25, 0.3) is 0 Å². The topological polar surface area (TPSA) is 54.3 Å². The first-order valence-corrected chi connectivity index (χ1v) is 6.94. The van der Waals surface area contributed by atoms with Gasteiger partial charge in [-0.1, -0.05) is 13.8 Å². The van der Waals surface area contributed by atoms with Crippen molar-refractivity contribution < 1.29 is 9.90 Å². The maximum atomic E-state index is 11.9. The smallest absolute Gasteiger partial charge is 0.240 e. The second-order valence-electron chi connectivity index (χ2n) is 6.63. The molecule has 0 radical (unpaired) electrons. The molecule has 0 aromatic carbocycles. The number of hydrogen-bond acceptors (Lipinski definition) is 2. The summed E-state index contributed by atoms with van der Waals surface area (Å²) in [5.41, 5.74) is 2.16. The van der Waals surface area contributed by atoms with Crippen molar-refractivity contribution >= 4 is 5.91 Å². The molecule has 1 amide bonds. The Morgan fingerprint density at radius 2 is 2.26 bits per heavy atom. The van der Waals surface area contributed by atoms with Gasteiger partial charge < -0.3 is 15.0 Å². The van der Waals surface area contributed by atoms with Crippen LogP contribution >= 0.6 is 0 Å². The van der Waals surface area contributed by atoms with Crippen molar-refractivity contribution in [1.82, 2.24) is 9.88 Å². The van der Waals surface area contributed by atoms with Crippen LogP contribution in [0.4, 0.5) is 0 Å². The average Bonchev–Trinajstić information content (AvgIpc) is 2.58. The van der Waals surface area contributed by atoms with E-state index in [0.717, 1.165) is 24.1 Å². The van der Waals surface area contributed by atoms with Crippen molar-refractivity contribution in [3.05, 3.63) is 23.5 Å². The summed E-state index contributed by atoms with van der Waals surface area (Å²) >= 11 is 0. The van der Waals surface area contributed by atoms with E-state index in [1.807, 2.05) is 30.7 Å². The Labute approximate surface area is 114 Å². The molecule has 1 aliphatic rings. The third-order valence-electron chi connectivity index (χ3n) is 3.63. The Kier molecular flexibility index (Phi) is 3.72. The second kappa shape index (κ2) is 5.00. The number of carbonyl (C=O) groups excluding carboxylic acids is 1. The van der Waals surface area contributed by atoms with Crippen LogP contribution < -0.4 is 5.32 Å². The number of amides is 1. The molecule has 106 valence electrons. The van der Waals surface area contributed by atoms with E-state index in [1.165, 1.54) is 0 Å². The largest absolute Gasteiger partial charge is 0.388 e. The van der Waals surface area contributed by atoms with E-state index >= 15 is 0 Å². The monoisotopic (exact) mass is 264 g/mol. The first-order valence-electron chi connectivity index (χ1n) is 6.94. The summed E-state index contributed by atoms with van der Waals surface area (Å²) in [7, 11) is 0. The zero-order valence-corrected chi connectivity index (χ0v) is 12.2. The summed E-state index contributed by atoms with van der Waals surface area (Å²) in [6.45, 7) is 8.55. The Hall–Kier alpha value is -1.29. The maximum Gasteiger partial charge on any atom is 0.240 e. The summed E-state index contributed by atoms with van der Waals surface area (Å²) in [6, 6.07) is 2.10. The number of aromatic nitrogens is 1. The molecule has 19 heavy (non-hydrogen) atoms. The van der Waals surface area contributed by atoms with Crippen molar-refractivity contribution in [3.8, 4) is 0 Å². The molecule has 2 N–H and O–H groups in total. The number of hydrogen-bond donors (Lipinski definition) is 2. The number of fused-ring (bicyclic) bond motifs is 1. The Morgan fingerprint density at radius 3 is 2.89 bits per heavy atom. The number of rotatable bonds is 3. The summed E-state index contributed by atoms with van der Waals surface area (Å²) in [5, 5.41) is 13.1. The molecular weight excluding hydrogens is 240 g/mol. The zero-order chi connectivity index (χ0) is 14.2.